The second-order valence-corrected chi connectivity index (χ2v) is 12.6. The average Bonchev–Trinajstić information content (AvgIpc) is 3.60. The molecule has 1 fully saturated rings. The molecule has 41 heavy (non-hydrogen) atoms. The van der Waals surface area contributed by atoms with Crippen LogP contribution < -0.4 is 11.1 Å². The fourth-order valence-electron chi connectivity index (χ4n) is 3.92. The Labute approximate surface area is 248 Å². The van der Waals surface area contributed by atoms with E-state index < -0.39 is 29.2 Å². The van der Waals surface area contributed by atoms with E-state index >= 15 is 0 Å². The summed E-state index contributed by atoms with van der Waals surface area (Å²) in [5, 5.41) is 45.6. The zero-order chi connectivity index (χ0) is 29.3. The van der Waals surface area contributed by atoms with Gasteiger partial charge in [-0.1, -0.05) is 28.3 Å². The molecule has 6 N–H and O–H groups in total. The number of thiazole rings is 1. The standard InChI is InChI=1S/C23H21N7O7S4/c1-2-37-29-14(11-8-39-22(24)25-11)17(33)26-15-19(34)30-16(21(35)36)10(6-38-20(15)30)7-40-23-28-27-18(41-23)9-3-4-12(31)13(32)5-9/h3-5,8,15,20,31-32H,2,6-7H2,1H3,(H2,24,25)(H,26,33)(H,35,36)/t15-,20-/m1/s1. The van der Waals surface area contributed by atoms with Crippen LogP contribution in [0.25, 0.3) is 10.6 Å². The topological polar surface area (TPSA) is 213 Å². The van der Waals surface area contributed by atoms with Crippen LogP contribution in [0.5, 0.6) is 11.5 Å². The minimum Gasteiger partial charge on any atom is -0.504 e. The Bertz CT molecular complexity index is 1590. The number of carboxylic acids is 1. The predicted octanol–water partition coefficient (Wildman–Crippen LogP) is 1.93. The van der Waals surface area contributed by atoms with Crippen molar-refractivity contribution >= 4 is 74.8 Å². The Kier molecular flexibility index (Phi) is 8.34. The van der Waals surface area contributed by atoms with Crippen LogP contribution in [0.1, 0.15) is 12.6 Å². The van der Waals surface area contributed by atoms with Crippen molar-refractivity contribution < 1.29 is 34.5 Å². The number of nitrogens with two attached hydrogens (primary N) is 1. The first kappa shape index (κ1) is 28.7. The van der Waals surface area contributed by atoms with E-state index in [1.165, 1.54) is 51.9 Å². The van der Waals surface area contributed by atoms with Gasteiger partial charge in [0.25, 0.3) is 11.8 Å². The van der Waals surface area contributed by atoms with Gasteiger partial charge in [-0.3, -0.25) is 14.5 Å². The molecule has 1 aromatic carbocycles. The zero-order valence-electron chi connectivity index (χ0n) is 21.0. The van der Waals surface area contributed by atoms with Crippen molar-refractivity contribution in [1.82, 2.24) is 25.4 Å². The molecule has 18 heteroatoms. The van der Waals surface area contributed by atoms with Gasteiger partial charge in [0.15, 0.2) is 26.7 Å². The second kappa shape index (κ2) is 11.9. The maximum absolute atomic E-state index is 13.1. The number of benzene rings is 1. The Hall–Kier alpha value is -3.87. The van der Waals surface area contributed by atoms with E-state index in [-0.39, 0.29) is 46.1 Å². The lowest BCUT2D eigenvalue weighted by molar-refractivity contribution is -0.150. The molecule has 2 aromatic heterocycles. The number of aromatic hydroxyl groups is 2. The molecule has 2 aliphatic heterocycles. The van der Waals surface area contributed by atoms with Gasteiger partial charge in [0.05, 0.1) is 0 Å². The monoisotopic (exact) mass is 635 g/mol. The molecule has 214 valence electrons. The fourth-order valence-corrected chi connectivity index (χ4v) is 7.80. The van der Waals surface area contributed by atoms with Gasteiger partial charge in [-0.2, -0.15) is 0 Å². The van der Waals surface area contributed by atoms with Crippen LogP contribution in [0.15, 0.2) is 44.3 Å². The van der Waals surface area contributed by atoms with Gasteiger partial charge in [0.2, 0.25) is 0 Å². The molecule has 0 saturated carbocycles. The number of oxime groups is 1. The summed E-state index contributed by atoms with van der Waals surface area (Å²) in [5.74, 6) is -2.48. The summed E-state index contributed by atoms with van der Waals surface area (Å²) in [6.45, 7) is 1.90. The van der Waals surface area contributed by atoms with Crippen LogP contribution in [0.2, 0.25) is 0 Å². The number of anilines is 1. The van der Waals surface area contributed by atoms with Gasteiger partial charge in [-0.05, 0) is 30.7 Å². The van der Waals surface area contributed by atoms with Crippen LogP contribution in [0.4, 0.5) is 5.13 Å². The van der Waals surface area contributed by atoms with Crippen LogP contribution >= 0.6 is 46.2 Å². The number of β-lactam (4-membered cyclic amide) rings is 1. The van der Waals surface area contributed by atoms with Crippen molar-refractivity contribution in [2.24, 2.45) is 5.16 Å². The van der Waals surface area contributed by atoms with Crippen molar-refractivity contribution in [3.05, 3.63) is 40.5 Å². The summed E-state index contributed by atoms with van der Waals surface area (Å²) in [7, 11) is 0. The summed E-state index contributed by atoms with van der Waals surface area (Å²) < 4.78 is 0.556. The number of phenolic OH excluding ortho intramolecular Hbond substituents is 2. The highest BCUT2D eigenvalue weighted by molar-refractivity contribution is 8.01. The molecule has 2 atom stereocenters. The van der Waals surface area contributed by atoms with Gasteiger partial charge < -0.3 is 31.2 Å². The van der Waals surface area contributed by atoms with Gasteiger partial charge in [-0.15, -0.1) is 33.3 Å². The third-order valence-electron chi connectivity index (χ3n) is 5.80. The van der Waals surface area contributed by atoms with E-state index in [1.54, 1.807) is 18.4 Å². The molecule has 2 amide bonds. The second-order valence-electron chi connectivity index (χ2n) is 8.41. The minimum absolute atomic E-state index is 0.125. The fraction of sp³-hybridized carbons (Fsp3) is 0.261. The lowest BCUT2D eigenvalue weighted by atomic mass is 10.0. The van der Waals surface area contributed by atoms with Gasteiger partial charge in [0, 0.05) is 22.4 Å². The molecule has 1 saturated heterocycles. The summed E-state index contributed by atoms with van der Waals surface area (Å²) in [4.78, 5) is 48.6. The molecule has 0 bridgehead atoms. The molecule has 14 nitrogen and oxygen atoms in total. The number of carboxylic acid groups (broad SMARTS) is 1. The van der Waals surface area contributed by atoms with E-state index in [1.807, 2.05) is 0 Å². The first-order valence-corrected chi connectivity index (χ1v) is 15.5. The number of carbonyl (C=O) groups excluding carboxylic acids is 2. The number of hydrogen-bond donors (Lipinski definition) is 5. The highest BCUT2D eigenvalue weighted by Crippen LogP contribution is 2.42. The molecule has 0 radical (unpaired) electrons. The zero-order valence-corrected chi connectivity index (χ0v) is 24.3. The third kappa shape index (κ3) is 5.81. The number of nitrogens with one attached hydrogen (secondary N) is 1. The van der Waals surface area contributed by atoms with E-state index in [4.69, 9.17) is 10.6 Å². The molecular formula is C23H21N7O7S4. The van der Waals surface area contributed by atoms with E-state index in [0.717, 1.165) is 11.3 Å². The number of phenols is 2. The number of carbonyl (C=O) groups is 3. The van der Waals surface area contributed by atoms with Crippen LogP contribution in [-0.4, -0.2) is 88.4 Å². The summed E-state index contributed by atoms with van der Waals surface area (Å²) in [6.07, 6.45) is 0. The quantitative estimate of drug-likeness (QED) is 0.0709. The first-order chi connectivity index (χ1) is 19.7. The summed E-state index contributed by atoms with van der Waals surface area (Å²) in [6, 6.07) is 3.34. The Morgan fingerprint density at radius 3 is 2.78 bits per heavy atom. The first-order valence-electron chi connectivity index (χ1n) is 11.8. The molecule has 3 aromatic rings. The summed E-state index contributed by atoms with van der Waals surface area (Å²) >= 11 is 4.96. The van der Waals surface area contributed by atoms with Gasteiger partial charge in [-0.25, -0.2) is 9.78 Å². The number of aromatic nitrogens is 3. The molecule has 0 unspecified atom stereocenters. The average molecular weight is 636 g/mol. The molecule has 0 spiro atoms. The van der Waals surface area contributed by atoms with E-state index in [9.17, 15) is 29.7 Å². The molecule has 4 heterocycles. The van der Waals surface area contributed by atoms with E-state index in [0.29, 0.717) is 26.2 Å². The minimum atomic E-state index is -1.25. The van der Waals surface area contributed by atoms with Crippen LogP contribution in [-0.2, 0) is 19.2 Å². The van der Waals surface area contributed by atoms with Crippen molar-refractivity contribution in [3.63, 3.8) is 0 Å². The number of nitrogen functional groups attached to an aromatic ring is 1. The number of rotatable bonds is 10. The number of nitrogens with zero attached hydrogens (tertiary/aromatic N) is 5. The molecule has 5 rings (SSSR count). The van der Waals surface area contributed by atoms with E-state index in [2.05, 4.69) is 25.7 Å². The normalized spacial score (nSPS) is 18.6. The van der Waals surface area contributed by atoms with Gasteiger partial charge >= 0.3 is 5.97 Å². The van der Waals surface area contributed by atoms with Crippen molar-refractivity contribution in [3.8, 4) is 22.1 Å². The maximum atomic E-state index is 13.1. The third-order valence-corrected chi connectivity index (χ3v) is 10.0. The lowest BCUT2D eigenvalue weighted by Gasteiger charge is -2.49. The van der Waals surface area contributed by atoms with Crippen molar-refractivity contribution in [2.75, 3.05) is 23.8 Å². The largest absolute Gasteiger partial charge is 0.504 e. The Balaban J connectivity index is 1.28. The molecule has 2 aliphatic rings. The molecular weight excluding hydrogens is 615 g/mol. The Morgan fingerprint density at radius 1 is 1.29 bits per heavy atom. The number of thioether (sulfide) groups is 2. The van der Waals surface area contributed by atoms with Crippen LogP contribution in [0, 0.1) is 0 Å². The smallest absolute Gasteiger partial charge is 0.352 e. The Morgan fingerprint density at radius 2 is 2.10 bits per heavy atom. The maximum Gasteiger partial charge on any atom is 0.352 e. The number of amides is 2. The van der Waals surface area contributed by atoms with Crippen molar-refractivity contribution in [1.29, 1.82) is 0 Å². The number of fused-ring (bicyclic) bond motifs is 1. The summed E-state index contributed by atoms with van der Waals surface area (Å²) in [5.41, 5.74) is 6.71. The molecule has 0 aliphatic carbocycles. The highest BCUT2D eigenvalue weighted by Gasteiger charge is 2.54. The number of hydrogen-bond acceptors (Lipinski definition) is 15. The number of aliphatic carboxylic acids is 1. The lowest BCUT2D eigenvalue weighted by Crippen LogP contribution is -2.71. The van der Waals surface area contributed by atoms with Crippen LogP contribution in [0.3, 0.4) is 0 Å². The highest BCUT2D eigenvalue weighted by atomic mass is 32.2. The van der Waals surface area contributed by atoms with Gasteiger partial charge in [0.1, 0.15) is 34.4 Å². The van der Waals surface area contributed by atoms with Crippen molar-refractivity contribution in [2.45, 2.75) is 22.7 Å². The predicted molar refractivity (Wildman–Crippen MR) is 154 cm³/mol. The SMILES string of the molecule is CCON=C(C(=O)N[C@@H]1C(=O)N2C(C(=O)O)=C(CSc3nnc(-c4ccc(O)c(O)c4)s3)CS[C@H]12)c1csc(N)n1.